The number of carbonyl (C=O) groups excluding carboxylic acids is 1. The molecule has 1 aliphatic rings. The number of ether oxygens (including phenoxy) is 2. The number of rotatable bonds is 3. The second-order valence-corrected chi connectivity index (χ2v) is 4.46. The lowest BCUT2D eigenvalue weighted by atomic mass is 10.0. The maximum atomic E-state index is 11.8. The summed E-state index contributed by atoms with van der Waals surface area (Å²) in [4.78, 5) is 25.6. The van der Waals surface area contributed by atoms with Gasteiger partial charge >= 0.3 is 12.0 Å². The normalized spacial score (nSPS) is 19.1. The molecule has 1 aromatic rings. The van der Waals surface area contributed by atoms with E-state index in [0.29, 0.717) is 18.9 Å². The maximum Gasteiger partial charge on any atom is 0.328 e. The van der Waals surface area contributed by atoms with Crippen LogP contribution in [0.25, 0.3) is 0 Å². The Morgan fingerprint density at radius 3 is 2.79 bits per heavy atom. The van der Waals surface area contributed by atoms with Gasteiger partial charge in [0.05, 0.1) is 14.2 Å². The zero-order valence-corrected chi connectivity index (χ0v) is 11.6. The minimum atomic E-state index is -0.387. The summed E-state index contributed by atoms with van der Waals surface area (Å²) >= 11 is 5.82. The lowest BCUT2D eigenvalue weighted by molar-refractivity contribution is -0.142. The number of methoxy groups -OCH3 is 2. The molecule has 0 aliphatic carbocycles. The summed E-state index contributed by atoms with van der Waals surface area (Å²) in [6.45, 7) is 0.670. The highest BCUT2D eigenvalue weighted by Crippen LogP contribution is 2.24. The van der Waals surface area contributed by atoms with Crippen LogP contribution < -0.4 is 9.64 Å². The van der Waals surface area contributed by atoms with E-state index in [-0.39, 0.29) is 23.3 Å². The van der Waals surface area contributed by atoms with E-state index in [9.17, 15) is 4.79 Å². The van der Waals surface area contributed by atoms with E-state index in [0.717, 1.165) is 12.8 Å². The molecule has 0 N–H and O–H groups in total. The fraction of sp³-hybridized carbons (Fsp3) is 0.636. The first-order chi connectivity index (χ1) is 9.15. The summed E-state index contributed by atoms with van der Waals surface area (Å²) in [6.07, 6.45) is 2.63. The topological polar surface area (TPSA) is 77.4 Å². The van der Waals surface area contributed by atoms with Gasteiger partial charge in [-0.25, -0.2) is 4.79 Å². The zero-order valence-electron chi connectivity index (χ0n) is 10.8. The molecule has 1 aliphatic heterocycles. The van der Waals surface area contributed by atoms with Gasteiger partial charge in [-0.3, -0.25) is 0 Å². The first kappa shape index (κ1) is 13.8. The van der Waals surface area contributed by atoms with E-state index in [1.807, 2.05) is 0 Å². The van der Waals surface area contributed by atoms with Crippen molar-refractivity contribution in [3.63, 3.8) is 0 Å². The molecule has 2 heterocycles. The number of piperidine rings is 1. The lowest BCUT2D eigenvalue weighted by Crippen LogP contribution is -2.46. The number of hydrogen-bond donors (Lipinski definition) is 0. The number of halogens is 1. The molecular formula is C11H15ClN4O3. The second-order valence-electron chi connectivity index (χ2n) is 4.12. The van der Waals surface area contributed by atoms with Gasteiger partial charge in [0.2, 0.25) is 11.2 Å². The maximum absolute atomic E-state index is 11.8. The molecule has 0 aromatic carbocycles. The quantitative estimate of drug-likeness (QED) is 0.769. The molecule has 1 saturated heterocycles. The van der Waals surface area contributed by atoms with Crippen LogP contribution in [0.5, 0.6) is 6.01 Å². The van der Waals surface area contributed by atoms with E-state index in [2.05, 4.69) is 15.0 Å². The number of hydrogen-bond acceptors (Lipinski definition) is 7. The molecule has 8 heteroatoms. The van der Waals surface area contributed by atoms with Crippen molar-refractivity contribution in [1.82, 2.24) is 15.0 Å². The van der Waals surface area contributed by atoms with Crippen LogP contribution >= 0.6 is 11.6 Å². The lowest BCUT2D eigenvalue weighted by Gasteiger charge is -2.33. The Hall–Kier alpha value is -1.63. The second kappa shape index (κ2) is 6.01. The third-order valence-electron chi connectivity index (χ3n) is 2.99. The average Bonchev–Trinajstić information content (AvgIpc) is 2.45. The van der Waals surface area contributed by atoms with Crippen molar-refractivity contribution < 1.29 is 14.3 Å². The summed E-state index contributed by atoms with van der Waals surface area (Å²) in [7, 11) is 2.82. The summed E-state index contributed by atoms with van der Waals surface area (Å²) < 4.78 is 9.77. The molecule has 7 nitrogen and oxygen atoms in total. The van der Waals surface area contributed by atoms with E-state index >= 15 is 0 Å². The van der Waals surface area contributed by atoms with Gasteiger partial charge in [-0.05, 0) is 30.9 Å². The Bertz CT molecular complexity index is 471. The fourth-order valence-corrected chi connectivity index (χ4v) is 2.24. The number of esters is 1. The monoisotopic (exact) mass is 286 g/mol. The van der Waals surface area contributed by atoms with Crippen LogP contribution in [0.4, 0.5) is 5.95 Å². The predicted octanol–water partition coefficient (Wildman–Crippen LogP) is 1.07. The molecule has 19 heavy (non-hydrogen) atoms. The zero-order chi connectivity index (χ0) is 13.8. The number of nitrogens with zero attached hydrogens (tertiary/aromatic N) is 4. The van der Waals surface area contributed by atoms with Gasteiger partial charge < -0.3 is 14.4 Å². The van der Waals surface area contributed by atoms with Crippen LogP contribution in [0.3, 0.4) is 0 Å². The first-order valence-electron chi connectivity index (χ1n) is 5.95. The SMILES string of the molecule is COC(=O)C1CCCCN1c1nc(Cl)nc(OC)n1. The molecular weight excluding hydrogens is 272 g/mol. The fourth-order valence-electron chi connectivity index (χ4n) is 2.09. The molecule has 2 rings (SSSR count). The summed E-state index contributed by atoms with van der Waals surface area (Å²) in [5, 5.41) is 0.0380. The number of carbonyl (C=O) groups is 1. The van der Waals surface area contributed by atoms with Crippen LogP contribution in [-0.4, -0.2) is 47.7 Å². The Morgan fingerprint density at radius 2 is 2.11 bits per heavy atom. The van der Waals surface area contributed by atoms with Gasteiger partial charge in [0.25, 0.3) is 0 Å². The molecule has 1 unspecified atom stereocenters. The molecule has 1 aromatic heterocycles. The minimum Gasteiger partial charge on any atom is -0.467 e. The van der Waals surface area contributed by atoms with Gasteiger partial charge in [-0.15, -0.1) is 0 Å². The standard InChI is InChI=1S/C11H15ClN4O3/c1-18-8(17)7-5-3-4-6-16(7)10-13-9(12)14-11(15-10)19-2/h7H,3-6H2,1-2H3. The summed E-state index contributed by atoms with van der Waals surface area (Å²) in [5.74, 6) is 0.0437. The summed E-state index contributed by atoms with van der Waals surface area (Å²) in [6, 6.07) is -0.258. The van der Waals surface area contributed by atoms with Gasteiger partial charge in [0, 0.05) is 6.54 Å². The van der Waals surface area contributed by atoms with E-state index < -0.39 is 0 Å². The number of anilines is 1. The number of aromatic nitrogens is 3. The van der Waals surface area contributed by atoms with E-state index in [1.165, 1.54) is 14.2 Å². The molecule has 0 radical (unpaired) electrons. The molecule has 0 saturated carbocycles. The molecule has 104 valence electrons. The largest absolute Gasteiger partial charge is 0.467 e. The van der Waals surface area contributed by atoms with Gasteiger partial charge in [0.1, 0.15) is 6.04 Å². The van der Waals surface area contributed by atoms with Crippen molar-refractivity contribution in [2.24, 2.45) is 0 Å². The highest BCUT2D eigenvalue weighted by molar-refractivity contribution is 6.28. The highest BCUT2D eigenvalue weighted by atomic mass is 35.5. The van der Waals surface area contributed by atoms with E-state index in [4.69, 9.17) is 21.1 Å². The van der Waals surface area contributed by atoms with Crippen LogP contribution in [0.2, 0.25) is 5.28 Å². The summed E-state index contributed by atoms with van der Waals surface area (Å²) in [5.41, 5.74) is 0. The van der Waals surface area contributed by atoms with Crippen LogP contribution in [-0.2, 0) is 9.53 Å². The Labute approximate surface area is 115 Å². The van der Waals surface area contributed by atoms with Crippen molar-refractivity contribution in [3.05, 3.63) is 5.28 Å². The van der Waals surface area contributed by atoms with Crippen molar-refractivity contribution in [2.45, 2.75) is 25.3 Å². The Balaban J connectivity index is 2.31. The van der Waals surface area contributed by atoms with Gasteiger partial charge in [-0.1, -0.05) is 0 Å². The third-order valence-corrected chi connectivity index (χ3v) is 3.16. The molecule has 0 spiro atoms. The molecule has 1 fully saturated rings. The van der Waals surface area contributed by atoms with Crippen molar-refractivity contribution in [1.29, 1.82) is 0 Å². The third kappa shape index (κ3) is 3.04. The van der Waals surface area contributed by atoms with Crippen molar-refractivity contribution >= 4 is 23.5 Å². The van der Waals surface area contributed by atoms with Gasteiger partial charge in [0.15, 0.2) is 0 Å². The smallest absolute Gasteiger partial charge is 0.328 e. The van der Waals surface area contributed by atoms with Crippen LogP contribution in [0, 0.1) is 0 Å². The molecule has 0 amide bonds. The molecule has 1 atom stereocenters. The predicted molar refractivity (Wildman–Crippen MR) is 68.4 cm³/mol. The van der Waals surface area contributed by atoms with Crippen LogP contribution in [0.1, 0.15) is 19.3 Å². The Morgan fingerprint density at radius 1 is 1.32 bits per heavy atom. The van der Waals surface area contributed by atoms with Gasteiger partial charge in [-0.2, -0.15) is 15.0 Å². The minimum absolute atomic E-state index is 0.0380. The average molecular weight is 287 g/mol. The molecule has 0 bridgehead atoms. The van der Waals surface area contributed by atoms with Crippen molar-refractivity contribution in [3.8, 4) is 6.01 Å². The first-order valence-corrected chi connectivity index (χ1v) is 6.33. The van der Waals surface area contributed by atoms with Crippen molar-refractivity contribution in [2.75, 3.05) is 25.7 Å². The van der Waals surface area contributed by atoms with E-state index in [1.54, 1.807) is 4.90 Å². The van der Waals surface area contributed by atoms with Crippen LogP contribution in [0.15, 0.2) is 0 Å². The highest BCUT2D eigenvalue weighted by Gasteiger charge is 2.31. The Kier molecular flexibility index (Phi) is 4.36.